The van der Waals surface area contributed by atoms with Gasteiger partial charge < -0.3 is 0 Å². The molecule has 0 aliphatic rings. The average Bonchev–Trinajstić information content (AvgIpc) is 2.44. The van der Waals surface area contributed by atoms with E-state index in [-0.39, 0.29) is 0 Å². The third kappa shape index (κ3) is 2.17. The van der Waals surface area contributed by atoms with Crippen LogP contribution >= 0.6 is 11.3 Å². The van der Waals surface area contributed by atoms with Crippen molar-refractivity contribution in [3.8, 4) is 0 Å². The van der Waals surface area contributed by atoms with Crippen LogP contribution in [0.2, 0.25) is 0 Å². The summed E-state index contributed by atoms with van der Waals surface area (Å²) in [7, 11) is -3.24. The zero-order valence-electron chi connectivity index (χ0n) is 9.23. The minimum absolute atomic E-state index is 0.618. The van der Waals surface area contributed by atoms with Crippen molar-refractivity contribution in [2.75, 3.05) is 11.0 Å². The molecule has 1 N–H and O–H groups in total. The summed E-state index contributed by atoms with van der Waals surface area (Å²) in [5, 5.41) is 2.67. The van der Waals surface area contributed by atoms with Crippen LogP contribution in [0.3, 0.4) is 0 Å². The summed E-state index contributed by atoms with van der Waals surface area (Å²) in [5.41, 5.74) is 2.60. The maximum Gasteiger partial charge on any atom is 0.229 e. The van der Waals surface area contributed by atoms with Crippen LogP contribution in [0.25, 0.3) is 10.2 Å². The second-order valence-corrected chi connectivity index (χ2v) is 6.39. The van der Waals surface area contributed by atoms with Gasteiger partial charge in [-0.15, -0.1) is 11.3 Å². The van der Waals surface area contributed by atoms with E-state index in [2.05, 4.69) is 9.71 Å². The van der Waals surface area contributed by atoms with Crippen LogP contribution in [0, 0.1) is 13.8 Å². The SMILES string of the molecule is Cc1cc(C)c2c(NS(C)(=O)=O)csc2n1. The van der Waals surface area contributed by atoms with Gasteiger partial charge in [-0.2, -0.15) is 0 Å². The number of hydrogen-bond donors (Lipinski definition) is 1. The van der Waals surface area contributed by atoms with Gasteiger partial charge >= 0.3 is 0 Å². The second kappa shape index (κ2) is 3.71. The molecule has 2 rings (SSSR count). The molecule has 0 aliphatic carbocycles. The number of pyridine rings is 1. The lowest BCUT2D eigenvalue weighted by Crippen LogP contribution is -2.09. The predicted molar refractivity (Wildman–Crippen MR) is 67.6 cm³/mol. The molecule has 2 aromatic rings. The molecule has 86 valence electrons. The minimum Gasteiger partial charge on any atom is -0.282 e. The van der Waals surface area contributed by atoms with E-state index in [0.717, 1.165) is 27.7 Å². The van der Waals surface area contributed by atoms with Crippen molar-refractivity contribution >= 4 is 37.3 Å². The number of nitrogens with one attached hydrogen (secondary N) is 1. The van der Waals surface area contributed by atoms with Gasteiger partial charge in [-0.25, -0.2) is 13.4 Å². The Bertz CT molecular complexity index is 644. The summed E-state index contributed by atoms with van der Waals surface area (Å²) in [6, 6.07) is 1.95. The van der Waals surface area contributed by atoms with Crippen LogP contribution in [-0.4, -0.2) is 19.7 Å². The van der Waals surface area contributed by atoms with Crippen molar-refractivity contribution in [3.63, 3.8) is 0 Å². The number of aromatic nitrogens is 1. The van der Waals surface area contributed by atoms with Crippen LogP contribution in [0.1, 0.15) is 11.3 Å². The number of hydrogen-bond acceptors (Lipinski definition) is 4. The zero-order chi connectivity index (χ0) is 11.9. The number of aryl methyl sites for hydroxylation is 2. The zero-order valence-corrected chi connectivity index (χ0v) is 10.9. The predicted octanol–water partition coefficient (Wildman–Crippen LogP) is 2.28. The van der Waals surface area contributed by atoms with Gasteiger partial charge in [0.1, 0.15) is 4.83 Å². The molecule has 0 fully saturated rings. The van der Waals surface area contributed by atoms with E-state index in [0.29, 0.717) is 5.69 Å². The van der Waals surface area contributed by atoms with Gasteiger partial charge in [0.2, 0.25) is 10.0 Å². The highest BCUT2D eigenvalue weighted by atomic mass is 32.2. The summed E-state index contributed by atoms with van der Waals surface area (Å²) in [6.07, 6.45) is 1.15. The van der Waals surface area contributed by atoms with Crippen molar-refractivity contribution in [2.24, 2.45) is 0 Å². The molecule has 0 unspecified atom stereocenters. The lowest BCUT2D eigenvalue weighted by atomic mass is 10.2. The first-order valence-electron chi connectivity index (χ1n) is 4.70. The fourth-order valence-electron chi connectivity index (χ4n) is 1.66. The van der Waals surface area contributed by atoms with Crippen molar-refractivity contribution in [2.45, 2.75) is 13.8 Å². The van der Waals surface area contributed by atoms with Crippen LogP contribution in [0.15, 0.2) is 11.4 Å². The molecule has 0 atom stereocenters. The lowest BCUT2D eigenvalue weighted by molar-refractivity contribution is 0.607. The number of rotatable bonds is 2. The Balaban J connectivity index is 2.65. The number of nitrogens with zero attached hydrogens (tertiary/aromatic N) is 1. The summed E-state index contributed by atoms with van der Waals surface area (Å²) in [4.78, 5) is 5.24. The number of thiophene rings is 1. The molecule has 2 heterocycles. The molecule has 0 aliphatic heterocycles. The Morgan fingerprint density at radius 3 is 2.69 bits per heavy atom. The Morgan fingerprint density at radius 2 is 2.06 bits per heavy atom. The van der Waals surface area contributed by atoms with E-state index in [1.165, 1.54) is 11.3 Å². The smallest absolute Gasteiger partial charge is 0.229 e. The second-order valence-electron chi connectivity index (χ2n) is 3.78. The maximum atomic E-state index is 11.2. The van der Waals surface area contributed by atoms with Gasteiger partial charge in [0, 0.05) is 16.5 Å². The van der Waals surface area contributed by atoms with E-state index >= 15 is 0 Å². The first kappa shape index (κ1) is 11.3. The summed E-state index contributed by atoms with van der Waals surface area (Å²) in [6.45, 7) is 3.88. The van der Waals surface area contributed by atoms with Crippen molar-refractivity contribution in [1.82, 2.24) is 4.98 Å². The third-order valence-corrected chi connectivity index (χ3v) is 3.63. The Morgan fingerprint density at radius 1 is 1.38 bits per heavy atom. The van der Waals surface area contributed by atoms with Crippen LogP contribution in [0.4, 0.5) is 5.69 Å². The molecular formula is C10H12N2O2S2. The summed E-state index contributed by atoms with van der Waals surface area (Å²) < 4.78 is 24.9. The molecule has 16 heavy (non-hydrogen) atoms. The number of fused-ring (bicyclic) bond motifs is 1. The van der Waals surface area contributed by atoms with E-state index in [9.17, 15) is 8.42 Å². The Hall–Kier alpha value is -1.14. The van der Waals surface area contributed by atoms with Crippen molar-refractivity contribution in [3.05, 3.63) is 22.7 Å². The normalized spacial score (nSPS) is 11.9. The molecule has 0 saturated heterocycles. The third-order valence-electron chi connectivity index (χ3n) is 2.16. The monoisotopic (exact) mass is 256 g/mol. The van der Waals surface area contributed by atoms with Crippen LogP contribution in [-0.2, 0) is 10.0 Å². The van der Waals surface area contributed by atoms with Gasteiger partial charge in [0.15, 0.2) is 0 Å². The Labute approximate surface area is 98.4 Å². The molecule has 6 heteroatoms. The van der Waals surface area contributed by atoms with Crippen molar-refractivity contribution < 1.29 is 8.42 Å². The van der Waals surface area contributed by atoms with Gasteiger partial charge in [0.25, 0.3) is 0 Å². The molecule has 0 bridgehead atoms. The van der Waals surface area contributed by atoms with Crippen molar-refractivity contribution in [1.29, 1.82) is 0 Å². The molecule has 0 saturated carbocycles. The lowest BCUT2D eigenvalue weighted by Gasteiger charge is -2.04. The minimum atomic E-state index is -3.24. The highest BCUT2D eigenvalue weighted by Crippen LogP contribution is 2.32. The van der Waals surface area contributed by atoms with E-state index in [4.69, 9.17) is 0 Å². The fourth-order valence-corrected chi connectivity index (χ4v) is 3.29. The van der Waals surface area contributed by atoms with E-state index in [1.807, 2.05) is 19.9 Å². The molecule has 0 aromatic carbocycles. The molecule has 0 radical (unpaired) electrons. The van der Waals surface area contributed by atoms with Gasteiger partial charge in [-0.1, -0.05) is 0 Å². The number of anilines is 1. The standard InChI is InChI=1S/C10H12N2O2S2/c1-6-4-7(2)11-10-9(6)8(5-15-10)12-16(3,13)14/h4-5,12H,1-3H3. The molecule has 0 amide bonds. The van der Waals surface area contributed by atoms with Gasteiger partial charge in [-0.05, 0) is 25.5 Å². The molecular weight excluding hydrogens is 244 g/mol. The van der Waals surface area contributed by atoms with Gasteiger partial charge in [-0.3, -0.25) is 4.72 Å². The fraction of sp³-hybridized carbons (Fsp3) is 0.300. The largest absolute Gasteiger partial charge is 0.282 e. The summed E-state index contributed by atoms with van der Waals surface area (Å²) >= 11 is 1.44. The van der Waals surface area contributed by atoms with Crippen LogP contribution in [0.5, 0.6) is 0 Å². The maximum absolute atomic E-state index is 11.2. The van der Waals surface area contributed by atoms with E-state index < -0.39 is 10.0 Å². The average molecular weight is 256 g/mol. The number of sulfonamides is 1. The molecule has 4 nitrogen and oxygen atoms in total. The highest BCUT2D eigenvalue weighted by molar-refractivity contribution is 7.92. The molecule has 2 aromatic heterocycles. The first-order valence-corrected chi connectivity index (χ1v) is 7.47. The van der Waals surface area contributed by atoms with Gasteiger partial charge in [0.05, 0.1) is 11.9 Å². The summed E-state index contributed by atoms with van der Waals surface area (Å²) in [5.74, 6) is 0. The highest BCUT2D eigenvalue weighted by Gasteiger charge is 2.11. The van der Waals surface area contributed by atoms with E-state index in [1.54, 1.807) is 5.38 Å². The Kier molecular flexibility index (Phi) is 2.63. The van der Waals surface area contributed by atoms with Crippen LogP contribution < -0.4 is 4.72 Å². The quantitative estimate of drug-likeness (QED) is 0.896. The first-order chi connectivity index (χ1) is 7.37. The topological polar surface area (TPSA) is 59.1 Å². The molecule has 0 spiro atoms.